The zero-order valence-electron chi connectivity index (χ0n) is 31.3. The number of benzene rings is 1. The maximum absolute atomic E-state index is 13.4. The molecule has 8 heterocycles. The van der Waals surface area contributed by atoms with E-state index in [9.17, 15) is 19.2 Å². The van der Waals surface area contributed by atoms with Crippen LogP contribution >= 0.6 is 11.3 Å². The molecule has 0 saturated carbocycles. The van der Waals surface area contributed by atoms with Crippen molar-refractivity contribution >= 4 is 57.0 Å². The number of nitrogens with one attached hydrogen (secondary N) is 2. The lowest BCUT2D eigenvalue weighted by Gasteiger charge is -2.42. The number of nitrogens with zero attached hydrogens (tertiary/aromatic N) is 10. The summed E-state index contributed by atoms with van der Waals surface area (Å²) < 4.78 is 1.78. The van der Waals surface area contributed by atoms with E-state index in [4.69, 9.17) is 11.6 Å². The number of piperazine rings is 1. The Morgan fingerprint density at radius 1 is 0.965 bits per heavy atom. The molecule has 9 rings (SSSR count). The molecule has 4 aliphatic heterocycles. The van der Waals surface area contributed by atoms with Gasteiger partial charge in [-0.3, -0.25) is 34.4 Å². The molecule has 4 amide bonds. The average Bonchev–Trinajstić information content (AvgIpc) is 3.98. The zero-order chi connectivity index (χ0) is 39.2. The van der Waals surface area contributed by atoms with Crippen molar-refractivity contribution in [3.8, 4) is 22.0 Å². The first kappa shape index (κ1) is 36.4. The molecule has 290 valence electrons. The standard InChI is InChI=1S/C40H40N12O4S/c1-41-26-19-28-4-6-33(52(28)44-21-26)32-20-31(42-2)30(22-43-32)38-46-47-40(57-38)50-15-13-48(14-16-50)27-9-11-49(12-10-27)36(54)18-24-3-5-29-25(17-24)23-51(39(29)56)34-7-8-35(53)45-37(34)55/h3-6,17,19-22,27,34H,7-16,18,23H2,2H3,(H,42,43)(H,45,53,55). The minimum absolute atomic E-state index is 0.0781. The Morgan fingerprint density at radius 3 is 2.56 bits per heavy atom. The normalized spacial score (nSPS) is 19.2. The smallest absolute Gasteiger partial charge is 0.255 e. The van der Waals surface area contributed by atoms with Crippen molar-refractivity contribution in [2.75, 3.05) is 56.5 Å². The van der Waals surface area contributed by atoms with Gasteiger partial charge in [-0.05, 0) is 60.7 Å². The molecule has 1 atom stereocenters. The average molecular weight is 785 g/mol. The van der Waals surface area contributed by atoms with E-state index in [0.29, 0.717) is 43.3 Å². The summed E-state index contributed by atoms with van der Waals surface area (Å²) in [5, 5.41) is 20.9. The summed E-state index contributed by atoms with van der Waals surface area (Å²) in [6.07, 6.45) is 6.00. The summed E-state index contributed by atoms with van der Waals surface area (Å²) in [6.45, 7) is 12.5. The Kier molecular flexibility index (Phi) is 9.58. The van der Waals surface area contributed by atoms with E-state index in [1.165, 1.54) is 4.90 Å². The SMILES string of the molecule is [C-]#[N+]c1cnn2c(-c3cc(NC)c(-c4nnc(N5CCN(C6CCN(C(=O)Cc7ccc8c(c7)CN(C7CCC(=O)NC7=O)C8=O)CC6)CC5)s4)cn3)ccc2c1. The molecular formula is C40H40N12O4S. The van der Waals surface area contributed by atoms with Gasteiger partial charge in [0.05, 0.1) is 41.7 Å². The van der Waals surface area contributed by atoms with Gasteiger partial charge in [0.2, 0.25) is 28.5 Å². The predicted molar refractivity (Wildman–Crippen MR) is 213 cm³/mol. The fraction of sp³-hybridized carbons (Fsp3) is 0.375. The maximum Gasteiger partial charge on any atom is 0.255 e. The van der Waals surface area contributed by atoms with E-state index in [-0.39, 0.29) is 30.6 Å². The molecule has 0 bridgehead atoms. The maximum atomic E-state index is 13.4. The number of fused-ring (bicyclic) bond motifs is 2. The Hall–Kier alpha value is -6.25. The summed E-state index contributed by atoms with van der Waals surface area (Å²) in [6, 6.07) is 12.9. The molecule has 0 radical (unpaired) electrons. The first-order valence-corrected chi connectivity index (χ1v) is 20.0. The van der Waals surface area contributed by atoms with Crippen molar-refractivity contribution < 1.29 is 19.2 Å². The first-order chi connectivity index (χ1) is 27.8. The lowest BCUT2D eigenvalue weighted by atomic mass is 10.0. The largest absolute Gasteiger partial charge is 0.387 e. The van der Waals surface area contributed by atoms with Crippen LogP contribution in [-0.4, -0.2) is 122 Å². The number of carbonyl (C=O) groups excluding carboxylic acids is 4. The summed E-state index contributed by atoms with van der Waals surface area (Å²) in [5.41, 5.74) is 6.87. The first-order valence-electron chi connectivity index (χ1n) is 19.2. The van der Waals surface area contributed by atoms with Crippen LogP contribution in [-0.2, 0) is 27.3 Å². The van der Waals surface area contributed by atoms with Crippen molar-refractivity contribution in [1.29, 1.82) is 0 Å². The minimum atomic E-state index is -0.659. The van der Waals surface area contributed by atoms with Crippen LogP contribution in [0.5, 0.6) is 0 Å². The zero-order valence-corrected chi connectivity index (χ0v) is 32.2. The topological polar surface area (TPSA) is 166 Å². The number of rotatable bonds is 8. The van der Waals surface area contributed by atoms with Crippen molar-refractivity contribution in [3.63, 3.8) is 0 Å². The molecule has 1 aromatic carbocycles. The highest BCUT2D eigenvalue weighted by Crippen LogP contribution is 2.36. The second kappa shape index (κ2) is 15.0. The predicted octanol–water partition coefficient (Wildman–Crippen LogP) is 3.62. The molecule has 2 N–H and O–H groups in total. The Morgan fingerprint density at radius 2 is 1.79 bits per heavy atom. The monoisotopic (exact) mass is 784 g/mol. The molecule has 16 nitrogen and oxygen atoms in total. The van der Waals surface area contributed by atoms with Crippen LogP contribution < -0.4 is 15.5 Å². The number of anilines is 2. The number of hydrogen-bond donors (Lipinski definition) is 2. The minimum Gasteiger partial charge on any atom is -0.387 e. The van der Waals surface area contributed by atoms with Gasteiger partial charge in [0.1, 0.15) is 6.04 Å². The molecular weight excluding hydrogens is 745 g/mol. The van der Waals surface area contributed by atoms with Crippen LogP contribution in [0.3, 0.4) is 0 Å². The lowest BCUT2D eigenvalue weighted by Crippen LogP contribution is -2.54. The van der Waals surface area contributed by atoms with E-state index in [2.05, 4.69) is 40.6 Å². The van der Waals surface area contributed by atoms with Gasteiger partial charge in [0.25, 0.3) is 5.91 Å². The fourth-order valence-electron chi connectivity index (χ4n) is 8.45. The van der Waals surface area contributed by atoms with E-state index in [1.54, 1.807) is 34.2 Å². The summed E-state index contributed by atoms with van der Waals surface area (Å²) in [5.74, 6) is -0.876. The second-order valence-corrected chi connectivity index (χ2v) is 15.8. The third-order valence-electron chi connectivity index (χ3n) is 11.6. The van der Waals surface area contributed by atoms with Crippen LogP contribution in [0.25, 0.3) is 32.3 Å². The van der Waals surface area contributed by atoms with Gasteiger partial charge in [-0.15, -0.1) is 10.2 Å². The van der Waals surface area contributed by atoms with Gasteiger partial charge < -0.3 is 20.0 Å². The van der Waals surface area contributed by atoms with Crippen LogP contribution in [0.4, 0.5) is 16.5 Å². The van der Waals surface area contributed by atoms with Crippen LogP contribution in [0.1, 0.15) is 47.2 Å². The van der Waals surface area contributed by atoms with Gasteiger partial charge in [-0.1, -0.05) is 23.5 Å². The number of piperidine rings is 2. The highest BCUT2D eigenvalue weighted by molar-refractivity contribution is 7.18. The van der Waals surface area contributed by atoms with E-state index >= 15 is 0 Å². The highest BCUT2D eigenvalue weighted by atomic mass is 32.1. The van der Waals surface area contributed by atoms with E-state index in [1.807, 2.05) is 48.5 Å². The van der Waals surface area contributed by atoms with Crippen molar-refractivity contribution in [1.82, 2.24) is 44.8 Å². The molecule has 0 aliphatic carbocycles. The number of imide groups is 1. The van der Waals surface area contributed by atoms with Gasteiger partial charge in [-0.25, -0.2) is 9.36 Å². The second-order valence-electron chi connectivity index (χ2n) is 14.8. The highest BCUT2D eigenvalue weighted by Gasteiger charge is 2.39. The number of pyridine rings is 1. The lowest BCUT2D eigenvalue weighted by molar-refractivity contribution is -0.137. The van der Waals surface area contributed by atoms with E-state index in [0.717, 1.165) is 88.4 Å². The van der Waals surface area contributed by atoms with Crippen LogP contribution in [0.15, 0.2) is 54.9 Å². The Balaban J connectivity index is 0.766. The van der Waals surface area contributed by atoms with Crippen molar-refractivity contribution in [2.45, 2.75) is 50.7 Å². The number of amides is 4. The van der Waals surface area contributed by atoms with Gasteiger partial charge >= 0.3 is 0 Å². The molecule has 0 spiro atoms. The number of carbonyl (C=O) groups is 4. The van der Waals surface area contributed by atoms with Gasteiger partial charge in [0, 0.05) is 82.8 Å². The number of hydrogen-bond acceptors (Lipinski definition) is 12. The molecule has 4 aliphatic rings. The van der Waals surface area contributed by atoms with Gasteiger partial charge in [-0.2, -0.15) is 5.10 Å². The summed E-state index contributed by atoms with van der Waals surface area (Å²) >= 11 is 1.56. The molecule has 5 aromatic rings. The summed E-state index contributed by atoms with van der Waals surface area (Å²) in [7, 11) is 1.88. The number of likely N-dealkylation sites (tertiary alicyclic amines) is 1. The third-order valence-corrected chi connectivity index (χ3v) is 12.6. The van der Waals surface area contributed by atoms with Crippen LogP contribution in [0, 0.1) is 6.57 Å². The molecule has 17 heteroatoms. The van der Waals surface area contributed by atoms with Crippen molar-refractivity contribution in [3.05, 3.63) is 83.0 Å². The van der Waals surface area contributed by atoms with Gasteiger partial charge in [0.15, 0.2) is 5.01 Å². The quantitative estimate of drug-likeness (QED) is 0.174. The molecule has 3 fully saturated rings. The molecule has 1 unspecified atom stereocenters. The Labute approximate surface area is 332 Å². The Bertz CT molecular complexity index is 2460. The molecule has 3 saturated heterocycles. The van der Waals surface area contributed by atoms with Crippen molar-refractivity contribution in [2.24, 2.45) is 0 Å². The fourth-order valence-corrected chi connectivity index (χ4v) is 9.37. The number of aromatic nitrogens is 5. The summed E-state index contributed by atoms with van der Waals surface area (Å²) in [4.78, 5) is 67.0. The van der Waals surface area contributed by atoms with E-state index < -0.39 is 11.9 Å². The third kappa shape index (κ3) is 6.95. The molecule has 57 heavy (non-hydrogen) atoms. The van der Waals surface area contributed by atoms with Crippen LogP contribution in [0.2, 0.25) is 0 Å². The molecule has 4 aromatic heterocycles.